The number of carbonyl (C=O) groups is 4. The third kappa shape index (κ3) is 19.6. The molecule has 0 radical (unpaired) electrons. The van der Waals surface area contributed by atoms with Crippen LogP contribution in [0.4, 0.5) is 0 Å². The third-order valence-corrected chi connectivity index (χ3v) is 4.94. The summed E-state index contributed by atoms with van der Waals surface area (Å²) in [7, 11) is 0. The summed E-state index contributed by atoms with van der Waals surface area (Å²) >= 11 is 0. The maximum Gasteiger partial charge on any atom is 0.313 e. The van der Waals surface area contributed by atoms with Gasteiger partial charge in [0.05, 0.1) is 0 Å². The Morgan fingerprint density at radius 1 is 0.400 bits per heavy atom. The Morgan fingerprint density at radius 2 is 0.633 bits per heavy atom. The van der Waals surface area contributed by atoms with Gasteiger partial charge in [0.2, 0.25) is 0 Å². The van der Waals surface area contributed by atoms with Crippen LogP contribution in [-0.4, -0.2) is 23.9 Å². The fourth-order valence-electron chi connectivity index (χ4n) is 3.10. The molecule has 0 atom stereocenters. The molecule has 174 valence electrons. The van der Waals surface area contributed by atoms with Gasteiger partial charge in [-0.2, -0.15) is 0 Å². The number of esters is 4. The van der Waals surface area contributed by atoms with Crippen molar-refractivity contribution in [1.29, 1.82) is 0 Å². The average Bonchev–Trinajstić information content (AvgIpc) is 2.70. The number of rotatable bonds is 19. The highest BCUT2D eigenvalue weighted by Gasteiger charge is 2.12. The Hall–Kier alpha value is -1.72. The first-order valence-corrected chi connectivity index (χ1v) is 12.0. The van der Waals surface area contributed by atoms with Gasteiger partial charge in [-0.05, 0) is 25.7 Å². The van der Waals surface area contributed by atoms with Gasteiger partial charge in [-0.3, -0.25) is 19.2 Å². The lowest BCUT2D eigenvalue weighted by atomic mass is 10.1. The zero-order valence-corrected chi connectivity index (χ0v) is 19.2. The summed E-state index contributed by atoms with van der Waals surface area (Å²) < 4.78 is 9.56. The average molecular weight is 427 g/mol. The molecule has 6 nitrogen and oxygen atoms in total. The van der Waals surface area contributed by atoms with Crippen molar-refractivity contribution in [3.63, 3.8) is 0 Å². The summed E-state index contributed by atoms with van der Waals surface area (Å²) in [6, 6.07) is 0. The molecule has 0 spiro atoms. The van der Waals surface area contributed by atoms with Crippen LogP contribution in [0.1, 0.15) is 129 Å². The number of unbranched alkanes of at least 4 members (excludes halogenated alkanes) is 11. The van der Waals surface area contributed by atoms with E-state index in [1.165, 1.54) is 38.5 Å². The van der Waals surface area contributed by atoms with Crippen molar-refractivity contribution in [3.05, 3.63) is 0 Å². The van der Waals surface area contributed by atoms with E-state index >= 15 is 0 Å². The molecule has 0 fully saturated rings. The van der Waals surface area contributed by atoms with Gasteiger partial charge < -0.3 is 9.47 Å². The predicted octanol–water partition coefficient (Wildman–Crippen LogP) is 6.19. The van der Waals surface area contributed by atoms with Crippen molar-refractivity contribution in [2.75, 3.05) is 0 Å². The largest absolute Gasteiger partial charge is 0.393 e. The molecule has 0 heterocycles. The second-order valence-corrected chi connectivity index (χ2v) is 7.93. The molecule has 0 bridgehead atoms. The molecule has 6 heteroatoms. The van der Waals surface area contributed by atoms with E-state index in [1.54, 1.807) is 0 Å². The zero-order valence-electron chi connectivity index (χ0n) is 19.2. The maximum atomic E-state index is 11.6. The van der Waals surface area contributed by atoms with Crippen LogP contribution in [0.5, 0.6) is 0 Å². The van der Waals surface area contributed by atoms with E-state index in [4.69, 9.17) is 9.47 Å². The molecular formula is C24H42O6. The zero-order chi connectivity index (χ0) is 22.5. The molecule has 0 aliphatic heterocycles. The molecule has 30 heavy (non-hydrogen) atoms. The molecule has 0 aliphatic rings. The van der Waals surface area contributed by atoms with Crippen molar-refractivity contribution in [2.45, 2.75) is 129 Å². The first-order valence-electron chi connectivity index (χ1n) is 12.0. The summed E-state index contributed by atoms with van der Waals surface area (Å²) in [5.41, 5.74) is 0. The molecule has 0 rings (SSSR count). The minimum atomic E-state index is -0.557. The van der Waals surface area contributed by atoms with Crippen molar-refractivity contribution in [2.24, 2.45) is 0 Å². The Labute approximate surface area is 182 Å². The summed E-state index contributed by atoms with van der Waals surface area (Å²) in [6.45, 7) is 4.31. The van der Waals surface area contributed by atoms with Crippen LogP contribution >= 0.6 is 0 Å². The van der Waals surface area contributed by atoms with Crippen LogP contribution in [-0.2, 0) is 28.7 Å². The summed E-state index contributed by atoms with van der Waals surface area (Å²) in [4.78, 5) is 46.5. The van der Waals surface area contributed by atoms with E-state index < -0.39 is 23.9 Å². The van der Waals surface area contributed by atoms with E-state index in [1.807, 2.05) is 0 Å². The van der Waals surface area contributed by atoms with Gasteiger partial charge in [0.15, 0.2) is 0 Å². The third-order valence-electron chi connectivity index (χ3n) is 4.94. The van der Waals surface area contributed by atoms with Crippen molar-refractivity contribution in [3.8, 4) is 0 Å². The number of carbonyl (C=O) groups excluding carboxylic acids is 4. The molecule has 0 unspecified atom stereocenters. The lowest BCUT2D eigenvalue weighted by Crippen LogP contribution is -2.13. The van der Waals surface area contributed by atoms with Crippen LogP contribution in [0.15, 0.2) is 0 Å². The minimum absolute atomic E-state index is 0.0846. The Bertz CT molecular complexity index is 442. The highest BCUT2D eigenvalue weighted by molar-refractivity contribution is 5.86. The second kappa shape index (κ2) is 20.5. The van der Waals surface area contributed by atoms with Gasteiger partial charge in [0.25, 0.3) is 0 Å². The van der Waals surface area contributed by atoms with Gasteiger partial charge in [0.1, 0.15) is 0 Å². The van der Waals surface area contributed by atoms with Crippen LogP contribution in [0.25, 0.3) is 0 Å². The predicted molar refractivity (Wildman–Crippen MR) is 117 cm³/mol. The molecule has 0 aliphatic carbocycles. The van der Waals surface area contributed by atoms with Crippen molar-refractivity contribution in [1.82, 2.24) is 0 Å². The normalized spacial score (nSPS) is 10.6. The summed E-state index contributed by atoms with van der Waals surface area (Å²) in [6.07, 6.45) is 14.3. The van der Waals surface area contributed by atoms with Crippen LogP contribution in [0.3, 0.4) is 0 Å². The van der Waals surface area contributed by atoms with Gasteiger partial charge in [-0.1, -0.05) is 78.1 Å². The van der Waals surface area contributed by atoms with Crippen molar-refractivity contribution >= 4 is 23.9 Å². The monoisotopic (exact) mass is 426 g/mol. The Kier molecular flexibility index (Phi) is 19.4. The highest BCUT2D eigenvalue weighted by atomic mass is 16.6. The highest BCUT2D eigenvalue weighted by Crippen LogP contribution is 2.10. The molecule has 0 saturated heterocycles. The summed E-state index contributed by atoms with van der Waals surface area (Å²) in [5, 5.41) is 0. The van der Waals surface area contributed by atoms with E-state index in [0.717, 1.165) is 38.5 Å². The fraction of sp³-hybridized carbons (Fsp3) is 0.833. The summed E-state index contributed by atoms with van der Waals surface area (Å²) in [5.74, 6) is -2.07. The van der Waals surface area contributed by atoms with E-state index in [2.05, 4.69) is 13.8 Å². The SMILES string of the molecule is CCCCCCCCC(=O)OC(=O)CCCCC(=O)OC(=O)CCCCCCCC. The van der Waals surface area contributed by atoms with Crippen molar-refractivity contribution < 1.29 is 28.7 Å². The van der Waals surface area contributed by atoms with Gasteiger partial charge in [0, 0.05) is 25.7 Å². The Morgan fingerprint density at radius 3 is 0.933 bits per heavy atom. The molecule has 0 aromatic rings. The molecule has 0 aromatic heterocycles. The van der Waals surface area contributed by atoms with Crippen LogP contribution in [0.2, 0.25) is 0 Å². The molecule has 0 amide bonds. The minimum Gasteiger partial charge on any atom is -0.393 e. The maximum absolute atomic E-state index is 11.6. The first kappa shape index (κ1) is 28.3. The Balaban J connectivity index is 3.61. The lowest BCUT2D eigenvalue weighted by Gasteiger charge is -2.05. The van der Waals surface area contributed by atoms with Gasteiger partial charge in [-0.25, -0.2) is 0 Å². The number of hydrogen-bond acceptors (Lipinski definition) is 6. The van der Waals surface area contributed by atoms with Gasteiger partial charge in [-0.15, -0.1) is 0 Å². The molecule has 0 aromatic carbocycles. The van der Waals surface area contributed by atoms with E-state index in [0.29, 0.717) is 12.8 Å². The second-order valence-electron chi connectivity index (χ2n) is 7.93. The molecule has 0 saturated carbocycles. The number of ether oxygens (including phenoxy) is 2. The lowest BCUT2D eigenvalue weighted by molar-refractivity contribution is -0.162. The van der Waals surface area contributed by atoms with E-state index in [9.17, 15) is 19.2 Å². The number of hydrogen-bond donors (Lipinski definition) is 0. The topological polar surface area (TPSA) is 86.7 Å². The fourth-order valence-corrected chi connectivity index (χ4v) is 3.10. The quantitative estimate of drug-likeness (QED) is 0.139. The smallest absolute Gasteiger partial charge is 0.313 e. The van der Waals surface area contributed by atoms with E-state index in [-0.39, 0.29) is 25.7 Å². The molecule has 0 N–H and O–H groups in total. The first-order chi connectivity index (χ1) is 14.5. The van der Waals surface area contributed by atoms with Gasteiger partial charge >= 0.3 is 23.9 Å². The van der Waals surface area contributed by atoms with Crippen LogP contribution in [0, 0.1) is 0 Å². The van der Waals surface area contributed by atoms with Crippen LogP contribution < -0.4 is 0 Å². The standard InChI is InChI=1S/C24H42O6/c1-3-5-7-9-11-13-17-21(25)29-23(27)19-15-16-20-24(28)30-22(26)18-14-12-10-8-6-4-2/h3-20H2,1-2H3. The molecular weight excluding hydrogens is 384 g/mol.